The molecule has 0 radical (unpaired) electrons. The molecule has 0 spiro atoms. The molecule has 1 heterocycles. The third-order valence-corrected chi connectivity index (χ3v) is 3.90. The van der Waals surface area contributed by atoms with E-state index in [1.54, 1.807) is 13.8 Å². The maximum absolute atomic E-state index is 12.5. The Morgan fingerprint density at radius 1 is 1.28 bits per heavy atom. The van der Waals surface area contributed by atoms with Gasteiger partial charge in [0.25, 0.3) is 0 Å². The zero-order valence-corrected chi connectivity index (χ0v) is 13.9. The molecule has 5 nitrogen and oxygen atoms in total. The standard InChI is InChI=1S/C17H19F3N2O3/c1-10-14(11(2)25-22-10)7-8-16(24)21-9-15(23)12-3-5-13(6-4-12)17(18,19)20/h3-6,15,23H,7-9H2,1-2H3,(H,21,24). The van der Waals surface area contributed by atoms with Crippen molar-refractivity contribution in [3.63, 3.8) is 0 Å². The van der Waals surface area contributed by atoms with E-state index < -0.39 is 17.8 Å². The van der Waals surface area contributed by atoms with Crippen molar-refractivity contribution in [2.24, 2.45) is 0 Å². The van der Waals surface area contributed by atoms with E-state index >= 15 is 0 Å². The van der Waals surface area contributed by atoms with Gasteiger partial charge < -0.3 is 14.9 Å². The Labute approximate surface area is 142 Å². The van der Waals surface area contributed by atoms with Gasteiger partial charge in [0.15, 0.2) is 0 Å². The molecule has 0 aliphatic rings. The van der Waals surface area contributed by atoms with Gasteiger partial charge in [0, 0.05) is 18.5 Å². The first-order chi connectivity index (χ1) is 11.7. The van der Waals surface area contributed by atoms with Crippen LogP contribution < -0.4 is 5.32 Å². The SMILES string of the molecule is Cc1noc(C)c1CCC(=O)NCC(O)c1ccc(C(F)(F)F)cc1. The number of amides is 1. The maximum Gasteiger partial charge on any atom is 0.416 e. The second-order valence-corrected chi connectivity index (χ2v) is 5.74. The Morgan fingerprint density at radius 3 is 2.44 bits per heavy atom. The number of carbonyl (C=O) groups is 1. The lowest BCUT2D eigenvalue weighted by Gasteiger charge is -2.13. The van der Waals surface area contributed by atoms with Gasteiger partial charge in [-0.2, -0.15) is 13.2 Å². The first-order valence-corrected chi connectivity index (χ1v) is 7.72. The van der Waals surface area contributed by atoms with Crippen LogP contribution in [0.15, 0.2) is 28.8 Å². The Hall–Kier alpha value is -2.35. The molecule has 25 heavy (non-hydrogen) atoms. The zero-order valence-electron chi connectivity index (χ0n) is 13.9. The third kappa shape index (κ3) is 5.06. The summed E-state index contributed by atoms with van der Waals surface area (Å²) in [6.45, 7) is 3.48. The van der Waals surface area contributed by atoms with E-state index in [1.165, 1.54) is 12.1 Å². The summed E-state index contributed by atoms with van der Waals surface area (Å²) in [5.41, 5.74) is 1.12. The molecule has 0 aliphatic heterocycles. The van der Waals surface area contributed by atoms with E-state index in [4.69, 9.17) is 4.52 Å². The van der Waals surface area contributed by atoms with E-state index in [0.29, 0.717) is 17.7 Å². The van der Waals surface area contributed by atoms with Gasteiger partial charge in [-0.25, -0.2) is 0 Å². The van der Waals surface area contributed by atoms with Gasteiger partial charge in [0.1, 0.15) is 5.76 Å². The lowest BCUT2D eigenvalue weighted by atomic mass is 10.1. The number of aromatic nitrogens is 1. The van der Waals surface area contributed by atoms with Crippen molar-refractivity contribution in [2.45, 2.75) is 39.0 Å². The van der Waals surface area contributed by atoms with Crippen molar-refractivity contribution < 1.29 is 27.6 Å². The van der Waals surface area contributed by atoms with E-state index in [2.05, 4.69) is 10.5 Å². The summed E-state index contributed by atoms with van der Waals surface area (Å²) in [5.74, 6) is 0.390. The molecule has 2 aromatic rings. The first kappa shape index (κ1) is 19.0. The summed E-state index contributed by atoms with van der Waals surface area (Å²) >= 11 is 0. The number of carbonyl (C=O) groups excluding carboxylic acids is 1. The van der Waals surface area contributed by atoms with Gasteiger partial charge in [-0.3, -0.25) is 4.79 Å². The molecule has 1 unspecified atom stereocenters. The number of aliphatic hydroxyl groups is 1. The van der Waals surface area contributed by atoms with Gasteiger partial charge in [-0.15, -0.1) is 0 Å². The molecular weight excluding hydrogens is 337 g/mol. The van der Waals surface area contributed by atoms with E-state index in [1.807, 2.05) is 0 Å². The van der Waals surface area contributed by atoms with E-state index in [9.17, 15) is 23.1 Å². The first-order valence-electron chi connectivity index (χ1n) is 7.72. The van der Waals surface area contributed by atoms with Crippen LogP contribution in [0.2, 0.25) is 0 Å². The Bertz CT molecular complexity index is 704. The molecular formula is C17H19F3N2O3. The fraction of sp³-hybridized carbons (Fsp3) is 0.412. The maximum atomic E-state index is 12.5. The minimum absolute atomic E-state index is 0.0776. The van der Waals surface area contributed by atoms with Crippen molar-refractivity contribution in [3.05, 3.63) is 52.4 Å². The fourth-order valence-corrected chi connectivity index (χ4v) is 2.41. The zero-order chi connectivity index (χ0) is 18.6. The summed E-state index contributed by atoms with van der Waals surface area (Å²) in [5, 5.41) is 16.4. The van der Waals surface area contributed by atoms with Gasteiger partial charge in [0.2, 0.25) is 5.91 Å². The highest BCUT2D eigenvalue weighted by Crippen LogP contribution is 2.29. The summed E-state index contributed by atoms with van der Waals surface area (Å²) in [6, 6.07) is 4.20. The average molecular weight is 356 g/mol. The van der Waals surface area contributed by atoms with Crippen LogP contribution in [0.5, 0.6) is 0 Å². The van der Waals surface area contributed by atoms with Crippen molar-refractivity contribution in [1.29, 1.82) is 0 Å². The van der Waals surface area contributed by atoms with Gasteiger partial charge >= 0.3 is 6.18 Å². The van der Waals surface area contributed by atoms with E-state index in [0.717, 1.165) is 23.4 Å². The van der Waals surface area contributed by atoms with Crippen LogP contribution in [0, 0.1) is 13.8 Å². The molecule has 1 atom stereocenters. The summed E-state index contributed by atoms with van der Waals surface area (Å²) < 4.78 is 42.5. The predicted octanol–water partition coefficient (Wildman–Crippen LogP) is 3.09. The molecule has 1 aromatic heterocycles. The Kier molecular flexibility index (Phi) is 5.84. The third-order valence-electron chi connectivity index (χ3n) is 3.90. The van der Waals surface area contributed by atoms with Crippen molar-refractivity contribution in [2.75, 3.05) is 6.54 Å². The number of benzene rings is 1. The molecule has 0 aliphatic carbocycles. The molecule has 2 N–H and O–H groups in total. The van der Waals surface area contributed by atoms with Crippen LogP contribution in [0.25, 0.3) is 0 Å². The van der Waals surface area contributed by atoms with E-state index in [-0.39, 0.29) is 18.9 Å². The number of rotatable bonds is 6. The van der Waals surface area contributed by atoms with Crippen molar-refractivity contribution in [3.8, 4) is 0 Å². The van der Waals surface area contributed by atoms with Crippen molar-refractivity contribution in [1.82, 2.24) is 10.5 Å². The largest absolute Gasteiger partial charge is 0.416 e. The summed E-state index contributed by atoms with van der Waals surface area (Å²) in [6.07, 6.45) is -4.84. The topological polar surface area (TPSA) is 75.4 Å². The predicted molar refractivity (Wildman–Crippen MR) is 83.7 cm³/mol. The minimum atomic E-state index is -4.42. The molecule has 0 saturated carbocycles. The highest BCUT2D eigenvalue weighted by atomic mass is 19.4. The minimum Gasteiger partial charge on any atom is -0.387 e. The van der Waals surface area contributed by atoms with Crippen molar-refractivity contribution >= 4 is 5.91 Å². The highest BCUT2D eigenvalue weighted by molar-refractivity contribution is 5.76. The Balaban J connectivity index is 1.83. The molecule has 1 aromatic carbocycles. The van der Waals surface area contributed by atoms with Gasteiger partial charge in [-0.05, 0) is 38.0 Å². The second kappa shape index (κ2) is 7.69. The molecule has 0 bridgehead atoms. The molecule has 0 fully saturated rings. The quantitative estimate of drug-likeness (QED) is 0.834. The van der Waals surface area contributed by atoms with Crippen LogP contribution in [0.1, 0.15) is 40.7 Å². The van der Waals surface area contributed by atoms with Gasteiger partial charge in [-0.1, -0.05) is 17.3 Å². The van der Waals surface area contributed by atoms with Crippen LogP contribution in [0.4, 0.5) is 13.2 Å². The average Bonchev–Trinajstić information content (AvgIpc) is 2.88. The number of hydrogen-bond donors (Lipinski definition) is 2. The number of nitrogens with zero attached hydrogens (tertiary/aromatic N) is 1. The van der Waals surface area contributed by atoms with Crippen LogP contribution in [-0.4, -0.2) is 22.7 Å². The number of hydrogen-bond acceptors (Lipinski definition) is 4. The lowest BCUT2D eigenvalue weighted by molar-refractivity contribution is -0.137. The monoisotopic (exact) mass is 356 g/mol. The molecule has 2 rings (SSSR count). The summed E-state index contributed by atoms with van der Waals surface area (Å²) in [4.78, 5) is 11.9. The smallest absolute Gasteiger partial charge is 0.387 e. The highest BCUT2D eigenvalue weighted by Gasteiger charge is 2.30. The second-order valence-electron chi connectivity index (χ2n) is 5.74. The van der Waals surface area contributed by atoms with Crippen LogP contribution in [0.3, 0.4) is 0 Å². The number of aryl methyl sites for hydroxylation is 2. The Morgan fingerprint density at radius 2 is 1.92 bits per heavy atom. The molecule has 0 saturated heterocycles. The fourth-order valence-electron chi connectivity index (χ4n) is 2.41. The summed E-state index contributed by atoms with van der Waals surface area (Å²) in [7, 11) is 0. The number of nitrogens with one attached hydrogen (secondary N) is 1. The van der Waals surface area contributed by atoms with Crippen LogP contribution in [-0.2, 0) is 17.4 Å². The normalized spacial score (nSPS) is 12.9. The molecule has 1 amide bonds. The number of alkyl halides is 3. The van der Waals surface area contributed by atoms with Gasteiger partial charge in [0.05, 0.1) is 17.4 Å². The number of halogens is 3. The lowest BCUT2D eigenvalue weighted by Crippen LogP contribution is -2.28. The number of aliphatic hydroxyl groups excluding tert-OH is 1. The molecule has 8 heteroatoms. The molecule has 136 valence electrons. The van der Waals surface area contributed by atoms with Crippen LogP contribution >= 0.6 is 0 Å².